The Morgan fingerprint density at radius 3 is 2.68 bits per heavy atom. The average Bonchev–Trinajstić information content (AvgIpc) is 3.32. The van der Waals surface area contributed by atoms with E-state index in [1.165, 1.54) is 6.20 Å². The van der Waals surface area contributed by atoms with Gasteiger partial charge in [0.15, 0.2) is 11.5 Å². The standard InChI is InChI=1S/C25H20N4O5/c1-32-17-4-2-3-15(10-17)28-23-18-9-14(5-7-20(18)27-12-19(23)24(26)30)25(31)29-16-6-8-21-22(11-16)34-13-33-21/h2-12H,13H2,1H3,(H2,26,30)(H,27,28)(H,29,31). The number of hydrogen-bond acceptors (Lipinski definition) is 7. The van der Waals surface area contributed by atoms with Gasteiger partial charge in [0.05, 0.1) is 23.9 Å². The van der Waals surface area contributed by atoms with Crippen molar-refractivity contribution in [3.63, 3.8) is 0 Å². The maximum atomic E-state index is 13.0. The second-order valence-electron chi connectivity index (χ2n) is 7.52. The highest BCUT2D eigenvalue weighted by Crippen LogP contribution is 2.35. The van der Waals surface area contributed by atoms with Crippen molar-refractivity contribution in [1.82, 2.24) is 4.98 Å². The van der Waals surface area contributed by atoms with Crippen molar-refractivity contribution in [3.8, 4) is 17.2 Å². The number of carbonyl (C=O) groups is 2. The average molecular weight is 456 g/mol. The number of nitrogens with two attached hydrogens (primary N) is 1. The summed E-state index contributed by atoms with van der Waals surface area (Å²) in [5.74, 6) is 0.860. The number of hydrogen-bond donors (Lipinski definition) is 3. The molecule has 1 aliphatic rings. The number of anilines is 3. The number of nitrogens with zero attached hydrogens (tertiary/aromatic N) is 1. The van der Waals surface area contributed by atoms with E-state index in [2.05, 4.69) is 15.6 Å². The number of nitrogens with one attached hydrogen (secondary N) is 2. The summed E-state index contributed by atoms with van der Waals surface area (Å²) in [7, 11) is 1.57. The van der Waals surface area contributed by atoms with E-state index in [0.717, 1.165) is 0 Å². The maximum absolute atomic E-state index is 13.0. The van der Waals surface area contributed by atoms with Crippen molar-refractivity contribution < 1.29 is 23.8 Å². The number of aromatic nitrogens is 1. The number of ether oxygens (including phenoxy) is 3. The van der Waals surface area contributed by atoms with Crippen LogP contribution in [0.5, 0.6) is 17.2 Å². The molecule has 0 aliphatic carbocycles. The second kappa shape index (κ2) is 8.62. The van der Waals surface area contributed by atoms with Crippen LogP contribution in [0.15, 0.2) is 66.9 Å². The summed E-state index contributed by atoms with van der Waals surface area (Å²) < 4.78 is 15.9. The highest BCUT2D eigenvalue weighted by molar-refractivity contribution is 6.11. The fourth-order valence-electron chi connectivity index (χ4n) is 3.68. The van der Waals surface area contributed by atoms with Crippen LogP contribution in [0.3, 0.4) is 0 Å². The Labute approximate surface area is 194 Å². The van der Waals surface area contributed by atoms with Crippen LogP contribution in [0, 0.1) is 0 Å². The van der Waals surface area contributed by atoms with E-state index in [1.807, 2.05) is 18.2 Å². The van der Waals surface area contributed by atoms with Gasteiger partial charge in [-0.15, -0.1) is 0 Å². The number of methoxy groups -OCH3 is 1. The fourth-order valence-corrected chi connectivity index (χ4v) is 3.68. The Morgan fingerprint density at radius 2 is 1.85 bits per heavy atom. The summed E-state index contributed by atoms with van der Waals surface area (Å²) in [4.78, 5) is 29.5. The van der Waals surface area contributed by atoms with Crippen molar-refractivity contribution in [3.05, 3.63) is 78.0 Å². The summed E-state index contributed by atoms with van der Waals surface area (Å²) >= 11 is 0. The smallest absolute Gasteiger partial charge is 0.255 e. The first kappa shape index (κ1) is 21.1. The molecule has 4 aromatic rings. The molecule has 0 radical (unpaired) electrons. The van der Waals surface area contributed by atoms with Gasteiger partial charge in [-0.25, -0.2) is 0 Å². The molecule has 1 aliphatic heterocycles. The molecule has 0 spiro atoms. The van der Waals surface area contributed by atoms with Crippen LogP contribution in [0.2, 0.25) is 0 Å². The molecule has 34 heavy (non-hydrogen) atoms. The maximum Gasteiger partial charge on any atom is 0.255 e. The molecular formula is C25H20N4O5. The van der Waals surface area contributed by atoms with Gasteiger partial charge >= 0.3 is 0 Å². The number of benzene rings is 3. The quantitative estimate of drug-likeness (QED) is 0.399. The minimum atomic E-state index is -0.644. The Kier molecular flexibility index (Phi) is 5.35. The Morgan fingerprint density at radius 1 is 1.00 bits per heavy atom. The fraction of sp³-hybridized carbons (Fsp3) is 0.0800. The Hall–Kier alpha value is -4.79. The minimum Gasteiger partial charge on any atom is -0.497 e. The highest BCUT2D eigenvalue weighted by Gasteiger charge is 2.18. The summed E-state index contributed by atoms with van der Waals surface area (Å²) in [6.07, 6.45) is 1.42. The molecule has 2 amide bonds. The minimum absolute atomic E-state index is 0.148. The number of primary amides is 1. The molecule has 2 heterocycles. The number of carbonyl (C=O) groups excluding carboxylic acids is 2. The van der Waals surface area contributed by atoms with Gasteiger partial charge in [0.25, 0.3) is 11.8 Å². The van der Waals surface area contributed by atoms with Crippen LogP contribution in [0.4, 0.5) is 17.1 Å². The van der Waals surface area contributed by atoms with Crippen LogP contribution in [-0.2, 0) is 0 Å². The van der Waals surface area contributed by atoms with Crippen LogP contribution in [0.1, 0.15) is 20.7 Å². The summed E-state index contributed by atoms with van der Waals surface area (Å²) in [5.41, 5.74) is 8.48. The van der Waals surface area contributed by atoms with Gasteiger partial charge in [0, 0.05) is 40.7 Å². The predicted molar refractivity (Wildman–Crippen MR) is 127 cm³/mol. The van der Waals surface area contributed by atoms with Gasteiger partial charge in [-0.2, -0.15) is 0 Å². The van der Waals surface area contributed by atoms with Gasteiger partial charge in [-0.3, -0.25) is 14.6 Å². The van der Waals surface area contributed by atoms with Gasteiger partial charge in [-0.05, 0) is 42.5 Å². The number of amides is 2. The van der Waals surface area contributed by atoms with E-state index < -0.39 is 5.91 Å². The molecule has 0 fully saturated rings. The van der Waals surface area contributed by atoms with Crippen LogP contribution in [-0.4, -0.2) is 30.7 Å². The third kappa shape index (κ3) is 4.02. The van der Waals surface area contributed by atoms with Gasteiger partial charge in [0.1, 0.15) is 5.75 Å². The molecule has 9 nitrogen and oxygen atoms in total. The number of fused-ring (bicyclic) bond motifs is 2. The lowest BCUT2D eigenvalue weighted by molar-refractivity contribution is 0.0998. The molecule has 5 rings (SSSR count). The lowest BCUT2D eigenvalue weighted by Crippen LogP contribution is -2.15. The normalized spacial score (nSPS) is 11.8. The SMILES string of the molecule is COc1cccc(Nc2c(C(N)=O)cnc3ccc(C(=O)Nc4ccc5c(c4)OCO5)cc23)c1. The molecule has 9 heteroatoms. The second-order valence-corrected chi connectivity index (χ2v) is 7.52. The lowest BCUT2D eigenvalue weighted by Gasteiger charge is -2.15. The largest absolute Gasteiger partial charge is 0.497 e. The van der Waals surface area contributed by atoms with Crippen molar-refractivity contribution >= 4 is 39.8 Å². The zero-order chi connectivity index (χ0) is 23.7. The van der Waals surface area contributed by atoms with Crippen molar-refractivity contribution in [2.75, 3.05) is 24.5 Å². The molecule has 0 unspecified atom stereocenters. The number of rotatable bonds is 6. The van der Waals surface area contributed by atoms with E-state index in [-0.39, 0.29) is 18.3 Å². The zero-order valence-corrected chi connectivity index (χ0v) is 18.1. The molecule has 1 aromatic heterocycles. The topological polar surface area (TPSA) is 125 Å². The van der Waals surface area contributed by atoms with Crippen molar-refractivity contribution in [1.29, 1.82) is 0 Å². The van der Waals surface area contributed by atoms with Crippen LogP contribution in [0.25, 0.3) is 10.9 Å². The molecule has 170 valence electrons. The molecule has 3 aromatic carbocycles. The third-order valence-corrected chi connectivity index (χ3v) is 5.37. The van der Waals surface area contributed by atoms with Crippen molar-refractivity contribution in [2.45, 2.75) is 0 Å². The molecule has 0 saturated heterocycles. The lowest BCUT2D eigenvalue weighted by atomic mass is 10.0. The number of pyridine rings is 1. The summed E-state index contributed by atoms with van der Waals surface area (Å²) in [5, 5.41) is 6.65. The van der Waals surface area contributed by atoms with Crippen LogP contribution >= 0.6 is 0 Å². The van der Waals surface area contributed by atoms with E-state index in [4.69, 9.17) is 19.9 Å². The van der Waals surface area contributed by atoms with E-state index in [9.17, 15) is 9.59 Å². The third-order valence-electron chi connectivity index (χ3n) is 5.37. The van der Waals surface area contributed by atoms with Gasteiger partial charge in [0.2, 0.25) is 6.79 Å². The molecule has 0 saturated carbocycles. The zero-order valence-electron chi connectivity index (χ0n) is 18.1. The van der Waals surface area contributed by atoms with Crippen molar-refractivity contribution in [2.24, 2.45) is 5.73 Å². The van der Waals surface area contributed by atoms with Gasteiger partial charge < -0.3 is 30.6 Å². The van der Waals surface area contributed by atoms with E-state index in [0.29, 0.717) is 50.8 Å². The summed E-state index contributed by atoms with van der Waals surface area (Å²) in [6, 6.07) is 17.4. The predicted octanol–water partition coefficient (Wildman–Crippen LogP) is 4.07. The molecular weight excluding hydrogens is 436 g/mol. The summed E-state index contributed by atoms with van der Waals surface area (Å²) in [6.45, 7) is 0.148. The van der Waals surface area contributed by atoms with Gasteiger partial charge in [-0.1, -0.05) is 6.07 Å². The van der Waals surface area contributed by atoms with E-state index in [1.54, 1.807) is 49.6 Å². The first-order valence-electron chi connectivity index (χ1n) is 10.4. The first-order chi connectivity index (χ1) is 16.5. The molecule has 0 bridgehead atoms. The first-order valence-corrected chi connectivity index (χ1v) is 10.4. The Balaban J connectivity index is 1.52. The monoisotopic (exact) mass is 456 g/mol. The molecule has 0 atom stereocenters. The van der Waals surface area contributed by atoms with E-state index >= 15 is 0 Å². The molecule has 4 N–H and O–H groups in total. The Bertz CT molecular complexity index is 1440. The van der Waals surface area contributed by atoms with Crippen LogP contribution < -0.4 is 30.6 Å². The highest BCUT2D eigenvalue weighted by atomic mass is 16.7.